The molecule has 0 saturated heterocycles. The molecule has 0 spiro atoms. The summed E-state index contributed by atoms with van der Waals surface area (Å²) in [4.78, 5) is 13.9. The molecule has 5 nitrogen and oxygen atoms in total. The highest BCUT2D eigenvalue weighted by atomic mass is 16.4. The Labute approximate surface area is 84.2 Å². The van der Waals surface area contributed by atoms with Crippen LogP contribution < -0.4 is 5.63 Å². The van der Waals surface area contributed by atoms with Gasteiger partial charge < -0.3 is 9.52 Å². The van der Waals surface area contributed by atoms with Crippen LogP contribution in [0.5, 0.6) is 5.75 Å². The van der Waals surface area contributed by atoms with Crippen molar-refractivity contribution in [3.8, 4) is 5.75 Å². The van der Waals surface area contributed by atoms with E-state index in [1.807, 2.05) is 6.92 Å². The van der Waals surface area contributed by atoms with Gasteiger partial charge in [-0.05, 0) is 19.1 Å². The summed E-state index contributed by atoms with van der Waals surface area (Å²) in [7, 11) is 0. The minimum absolute atomic E-state index is 0.260. The summed E-state index contributed by atoms with van der Waals surface area (Å²) in [5.41, 5.74) is -0.189. The second-order valence-corrected chi connectivity index (χ2v) is 3.19. The molecular formula is C10H7N2O3+. The number of aromatic hydroxyl groups is 1. The van der Waals surface area contributed by atoms with E-state index in [0.717, 1.165) is 5.56 Å². The Bertz CT molecular complexity index is 637. The Morgan fingerprint density at radius 3 is 2.87 bits per heavy atom. The van der Waals surface area contributed by atoms with Crippen molar-refractivity contribution < 1.29 is 9.52 Å². The lowest BCUT2D eigenvalue weighted by atomic mass is 10.1. The quantitative estimate of drug-likeness (QED) is 0.526. The van der Waals surface area contributed by atoms with Crippen molar-refractivity contribution >= 4 is 16.7 Å². The fourth-order valence-corrected chi connectivity index (χ4v) is 1.38. The van der Waals surface area contributed by atoms with Gasteiger partial charge in [-0.15, -0.1) is 0 Å². The molecule has 15 heavy (non-hydrogen) atoms. The molecule has 0 aliphatic heterocycles. The standard InChI is InChI=1S/C10H6N2O3/c1-5-2-3-7-6(4-5)9(13)8(12-11)10(14)15-7/h2-4H,1H3/p+1. The van der Waals surface area contributed by atoms with Crippen LogP contribution in [0.3, 0.4) is 0 Å². The molecule has 1 aromatic heterocycles. The zero-order valence-corrected chi connectivity index (χ0v) is 7.89. The maximum atomic E-state index is 11.2. The summed E-state index contributed by atoms with van der Waals surface area (Å²) in [5, 5.41) is 18.5. The molecule has 5 heteroatoms. The summed E-state index contributed by atoms with van der Waals surface area (Å²) in [6, 6.07) is 4.97. The molecule has 0 radical (unpaired) electrons. The van der Waals surface area contributed by atoms with Gasteiger partial charge in [-0.1, -0.05) is 11.6 Å². The van der Waals surface area contributed by atoms with Gasteiger partial charge in [0.15, 0.2) is 4.98 Å². The fourth-order valence-electron chi connectivity index (χ4n) is 1.38. The molecule has 1 N–H and O–H groups in total. The molecule has 2 aromatic rings. The maximum absolute atomic E-state index is 11.2. The van der Waals surface area contributed by atoms with Crippen molar-refractivity contribution in [2.24, 2.45) is 0 Å². The third-order valence-corrected chi connectivity index (χ3v) is 2.11. The molecule has 0 atom stereocenters. The third-order valence-electron chi connectivity index (χ3n) is 2.11. The van der Waals surface area contributed by atoms with E-state index in [-0.39, 0.29) is 11.3 Å². The number of hydrogen-bond acceptors (Lipinski definition) is 4. The minimum Gasteiger partial charge on any atom is -0.501 e. The van der Waals surface area contributed by atoms with Gasteiger partial charge in [-0.25, -0.2) is 4.79 Å². The van der Waals surface area contributed by atoms with Crippen molar-refractivity contribution in [3.05, 3.63) is 39.2 Å². The van der Waals surface area contributed by atoms with Crippen LogP contribution in [0, 0.1) is 12.3 Å². The maximum Gasteiger partial charge on any atom is 0.510 e. The summed E-state index contributed by atoms with van der Waals surface area (Å²) in [6.45, 7) is 1.83. The lowest BCUT2D eigenvalue weighted by molar-refractivity contribution is 0.473. The van der Waals surface area contributed by atoms with E-state index in [1.165, 1.54) is 0 Å². The summed E-state index contributed by atoms with van der Waals surface area (Å²) in [5.74, 6) is -0.368. The van der Waals surface area contributed by atoms with Gasteiger partial charge in [0.05, 0.1) is 5.39 Å². The number of nitrogens with zero attached hydrogens (tertiary/aromatic N) is 2. The van der Waals surface area contributed by atoms with Crippen LogP contribution in [0.1, 0.15) is 5.56 Å². The predicted octanol–water partition coefficient (Wildman–Crippen LogP) is 2.29. The van der Waals surface area contributed by atoms with Gasteiger partial charge in [-0.3, -0.25) is 0 Å². The summed E-state index contributed by atoms with van der Waals surface area (Å²) >= 11 is 0. The van der Waals surface area contributed by atoms with E-state index in [9.17, 15) is 9.90 Å². The molecule has 74 valence electrons. The van der Waals surface area contributed by atoms with Crippen LogP contribution in [0.25, 0.3) is 15.9 Å². The van der Waals surface area contributed by atoms with E-state index in [0.29, 0.717) is 5.39 Å². The van der Waals surface area contributed by atoms with E-state index in [4.69, 9.17) is 9.81 Å². The van der Waals surface area contributed by atoms with Crippen molar-refractivity contribution in [1.29, 1.82) is 5.39 Å². The first-order chi connectivity index (χ1) is 7.13. The molecule has 2 rings (SSSR count). The Kier molecular flexibility index (Phi) is 1.90. The number of hydrogen-bond donors (Lipinski definition) is 1. The van der Waals surface area contributed by atoms with Crippen molar-refractivity contribution in [3.63, 3.8) is 0 Å². The highest BCUT2D eigenvalue weighted by Crippen LogP contribution is 2.31. The van der Waals surface area contributed by atoms with E-state index in [1.54, 1.807) is 18.2 Å². The SMILES string of the molecule is Cc1ccc2oc(=O)c([N+]#N)c(O)c2c1. The lowest BCUT2D eigenvalue weighted by Crippen LogP contribution is -1.97. The van der Waals surface area contributed by atoms with Crippen molar-refractivity contribution in [2.75, 3.05) is 0 Å². The van der Waals surface area contributed by atoms with Crippen molar-refractivity contribution in [1.82, 2.24) is 0 Å². The zero-order valence-electron chi connectivity index (χ0n) is 7.89. The lowest BCUT2D eigenvalue weighted by Gasteiger charge is -1.97. The largest absolute Gasteiger partial charge is 0.510 e. The van der Waals surface area contributed by atoms with Crippen LogP contribution in [0.15, 0.2) is 27.4 Å². The van der Waals surface area contributed by atoms with Gasteiger partial charge >= 0.3 is 11.3 Å². The Morgan fingerprint density at radius 2 is 2.20 bits per heavy atom. The zero-order chi connectivity index (χ0) is 11.0. The highest BCUT2D eigenvalue weighted by molar-refractivity contribution is 5.88. The monoisotopic (exact) mass is 203 g/mol. The molecule has 0 unspecified atom stereocenters. The topological polar surface area (TPSA) is 78.6 Å². The molecule has 0 fully saturated rings. The van der Waals surface area contributed by atoms with Gasteiger partial charge in [-0.2, -0.15) is 0 Å². The molecule has 1 heterocycles. The van der Waals surface area contributed by atoms with Crippen LogP contribution in [0.4, 0.5) is 5.69 Å². The summed E-state index contributed by atoms with van der Waals surface area (Å²) in [6.07, 6.45) is 0. The van der Waals surface area contributed by atoms with Gasteiger partial charge in [0.1, 0.15) is 5.58 Å². The van der Waals surface area contributed by atoms with Gasteiger partial charge in [0.2, 0.25) is 11.1 Å². The third kappa shape index (κ3) is 1.32. The normalized spacial score (nSPS) is 10.1. The van der Waals surface area contributed by atoms with Gasteiger partial charge in [0, 0.05) is 0 Å². The van der Waals surface area contributed by atoms with E-state index in [2.05, 4.69) is 4.98 Å². The van der Waals surface area contributed by atoms with E-state index < -0.39 is 11.3 Å². The number of benzene rings is 1. The summed E-state index contributed by atoms with van der Waals surface area (Å²) < 4.78 is 4.85. The molecule has 0 aliphatic carbocycles. The molecular weight excluding hydrogens is 196 g/mol. The average molecular weight is 203 g/mol. The number of rotatable bonds is 0. The first-order valence-electron chi connectivity index (χ1n) is 4.25. The van der Waals surface area contributed by atoms with Crippen molar-refractivity contribution in [2.45, 2.75) is 6.92 Å². The molecule has 1 aromatic carbocycles. The molecule has 0 aliphatic rings. The molecule has 0 saturated carbocycles. The first kappa shape index (κ1) is 9.21. The van der Waals surface area contributed by atoms with Gasteiger partial charge in [0.25, 0.3) is 0 Å². The van der Waals surface area contributed by atoms with E-state index >= 15 is 0 Å². The predicted molar refractivity (Wildman–Crippen MR) is 53.6 cm³/mol. The minimum atomic E-state index is -0.869. The number of diazo groups is 1. The molecule has 0 bridgehead atoms. The molecule has 0 amide bonds. The Balaban J connectivity index is 3.00. The average Bonchev–Trinajstić information content (AvgIpc) is 2.20. The van der Waals surface area contributed by atoms with Crippen LogP contribution in [-0.2, 0) is 0 Å². The highest BCUT2D eigenvalue weighted by Gasteiger charge is 2.24. The fraction of sp³-hybridized carbons (Fsp3) is 0.100. The van der Waals surface area contributed by atoms with Crippen LogP contribution in [-0.4, -0.2) is 5.11 Å². The first-order valence-corrected chi connectivity index (χ1v) is 4.25. The second kappa shape index (κ2) is 3.10. The number of aryl methyl sites for hydroxylation is 1. The van der Waals surface area contributed by atoms with Crippen LogP contribution in [0.2, 0.25) is 0 Å². The Morgan fingerprint density at radius 1 is 1.47 bits per heavy atom. The number of fused-ring (bicyclic) bond motifs is 1. The second-order valence-electron chi connectivity index (χ2n) is 3.19. The van der Waals surface area contributed by atoms with Crippen LogP contribution >= 0.6 is 0 Å². The smallest absolute Gasteiger partial charge is 0.501 e. The Hall–Kier alpha value is -2.35.